The molecule has 2 rings (SSSR count). The van der Waals surface area contributed by atoms with Gasteiger partial charge < -0.3 is 10.1 Å². The van der Waals surface area contributed by atoms with Crippen LogP contribution in [0.2, 0.25) is 0 Å². The number of anilines is 1. The molecule has 19 heavy (non-hydrogen) atoms. The fraction of sp³-hybridized carbons (Fsp3) is 0.154. The van der Waals surface area contributed by atoms with Crippen LogP contribution in [0, 0.1) is 11.6 Å². The summed E-state index contributed by atoms with van der Waals surface area (Å²) in [5, 5.41) is 2.70. The molecule has 2 aromatic rings. The summed E-state index contributed by atoms with van der Waals surface area (Å²) < 4.78 is 33.1. The van der Waals surface area contributed by atoms with Gasteiger partial charge in [-0.15, -0.1) is 0 Å². The van der Waals surface area contributed by atoms with Crippen LogP contribution >= 0.6 is 15.9 Å². The number of aromatic nitrogens is 1. The van der Waals surface area contributed by atoms with Crippen molar-refractivity contribution in [3.63, 3.8) is 0 Å². The molecule has 0 unspecified atom stereocenters. The van der Waals surface area contributed by atoms with E-state index in [1.807, 2.05) is 6.07 Å². The molecule has 0 saturated heterocycles. The second kappa shape index (κ2) is 5.97. The van der Waals surface area contributed by atoms with Crippen LogP contribution in [0.3, 0.4) is 0 Å². The van der Waals surface area contributed by atoms with E-state index in [0.29, 0.717) is 12.3 Å². The van der Waals surface area contributed by atoms with Crippen LogP contribution in [0.15, 0.2) is 34.8 Å². The standard InChI is InChI=1S/C13H11BrF2N2O/c1-2-17-12-10(15)7-11(16)13(18-12)19-9-5-3-4-8(14)6-9/h3-7H,2H2,1H3,(H,17,18). The predicted molar refractivity (Wildman–Crippen MR) is 72.5 cm³/mol. The van der Waals surface area contributed by atoms with Gasteiger partial charge in [-0.2, -0.15) is 4.98 Å². The minimum absolute atomic E-state index is 0.0334. The molecule has 0 aliphatic heterocycles. The van der Waals surface area contributed by atoms with Gasteiger partial charge in [-0.3, -0.25) is 0 Å². The van der Waals surface area contributed by atoms with E-state index in [1.165, 1.54) is 0 Å². The molecule has 0 aliphatic rings. The molecule has 1 aromatic carbocycles. The Kier molecular flexibility index (Phi) is 4.31. The third-order valence-electron chi connectivity index (χ3n) is 2.25. The molecule has 0 spiro atoms. The Labute approximate surface area is 117 Å². The monoisotopic (exact) mass is 328 g/mol. The number of rotatable bonds is 4. The van der Waals surface area contributed by atoms with Crippen LogP contribution in [0.1, 0.15) is 6.92 Å². The zero-order valence-corrected chi connectivity index (χ0v) is 11.7. The minimum Gasteiger partial charge on any atom is -0.436 e. The number of pyridine rings is 1. The van der Waals surface area contributed by atoms with Crippen LogP contribution in [0.5, 0.6) is 11.6 Å². The van der Waals surface area contributed by atoms with Gasteiger partial charge in [0.05, 0.1) is 0 Å². The Morgan fingerprint density at radius 3 is 2.74 bits per heavy atom. The molecule has 3 nitrogen and oxygen atoms in total. The first-order valence-corrected chi connectivity index (χ1v) is 6.42. The normalized spacial score (nSPS) is 10.3. The number of benzene rings is 1. The van der Waals surface area contributed by atoms with Gasteiger partial charge in [-0.1, -0.05) is 22.0 Å². The molecule has 0 bridgehead atoms. The zero-order valence-electron chi connectivity index (χ0n) is 10.1. The minimum atomic E-state index is -0.848. The van der Waals surface area contributed by atoms with E-state index in [1.54, 1.807) is 25.1 Å². The lowest BCUT2D eigenvalue weighted by atomic mass is 10.3. The molecule has 1 heterocycles. The second-order valence-electron chi connectivity index (χ2n) is 3.70. The lowest BCUT2D eigenvalue weighted by Gasteiger charge is -2.09. The maximum atomic E-state index is 13.6. The van der Waals surface area contributed by atoms with E-state index >= 15 is 0 Å². The highest BCUT2D eigenvalue weighted by Gasteiger charge is 2.13. The summed E-state index contributed by atoms with van der Waals surface area (Å²) in [6, 6.07) is 7.62. The molecule has 0 fully saturated rings. The number of nitrogens with zero attached hydrogens (tertiary/aromatic N) is 1. The quantitative estimate of drug-likeness (QED) is 0.906. The molecule has 6 heteroatoms. The summed E-state index contributed by atoms with van der Waals surface area (Å²) in [5.41, 5.74) is 0. The Bertz CT molecular complexity index is 593. The molecule has 0 aliphatic carbocycles. The fourth-order valence-electron chi connectivity index (χ4n) is 1.45. The number of hydrogen-bond acceptors (Lipinski definition) is 3. The third-order valence-corrected chi connectivity index (χ3v) is 2.75. The van der Waals surface area contributed by atoms with Crippen LogP contribution in [-0.2, 0) is 0 Å². The van der Waals surface area contributed by atoms with Crippen molar-refractivity contribution in [3.05, 3.63) is 46.4 Å². The maximum Gasteiger partial charge on any atom is 0.258 e. The molecule has 0 atom stereocenters. The van der Waals surface area contributed by atoms with Crippen LogP contribution < -0.4 is 10.1 Å². The SMILES string of the molecule is CCNc1nc(Oc2cccc(Br)c2)c(F)cc1F. The largest absolute Gasteiger partial charge is 0.436 e. The van der Waals surface area contributed by atoms with Gasteiger partial charge in [-0.05, 0) is 25.1 Å². The summed E-state index contributed by atoms with van der Waals surface area (Å²) in [6.07, 6.45) is 0. The molecule has 0 amide bonds. The van der Waals surface area contributed by atoms with Crippen molar-refractivity contribution in [2.75, 3.05) is 11.9 Å². The summed E-state index contributed by atoms with van der Waals surface area (Å²) in [5.74, 6) is -1.49. The smallest absolute Gasteiger partial charge is 0.258 e. The third kappa shape index (κ3) is 3.41. The first-order valence-electron chi connectivity index (χ1n) is 5.63. The molecule has 1 N–H and O–H groups in total. The lowest BCUT2D eigenvalue weighted by Crippen LogP contribution is -2.04. The van der Waals surface area contributed by atoms with Crippen molar-refractivity contribution in [2.45, 2.75) is 6.92 Å². The molecular weight excluding hydrogens is 318 g/mol. The van der Waals surface area contributed by atoms with E-state index in [4.69, 9.17) is 4.74 Å². The summed E-state index contributed by atoms with van der Waals surface area (Å²) >= 11 is 3.28. The molecular formula is C13H11BrF2N2O. The predicted octanol–water partition coefficient (Wildman–Crippen LogP) is 4.35. The molecule has 0 saturated carbocycles. The summed E-state index contributed by atoms with van der Waals surface area (Å²) in [6.45, 7) is 2.27. The van der Waals surface area contributed by atoms with Crippen molar-refractivity contribution >= 4 is 21.7 Å². The number of halogens is 3. The Morgan fingerprint density at radius 1 is 1.26 bits per heavy atom. The number of ether oxygens (including phenoxy) is 1. The van der Waals surface area contributed by atoms with E-state index in [2.05, 4.69) is 26.2 Å². The zero-order chi connectivity index (χ0) is 13.8. The van der Waals surface area contributed by atoms with Gasteiger partial charge >= 0.3 is 0 Å². The topological polar surface area (TPSA) is 34.2 Å². The van der Waals surface area contributed by atoms with E-state index in [9.17, 15) is 8.78 Å². The summed E-state index contributed by atoms with van der Waals surface area (Å²) in [4.78, 5) is 3.79. The van der Waals surface area contributed by atoms with Gasteiger partial charge in [0.2, 0.25) is 0 Å². The first kappa shape index (κ1) is 13.7. The van der Waals surface area contributed by atoms with Gasteiger partial charge in [0, 0.05) is 17.1 Å². The average molecular weight is 329 g/mol. The van der Waals surface area contributed by atoms with Crippen LogP contribution in [0.25, 0.3) is 0 Å². The second-order valence-corrected chi connectivity index (χ2v) is 4.61. The van der Waals surface area contributed by atoms with Crippen molar-refractivity contribution in [1.29, 1.82) is 0 Å². The van der Waals surface area contributed by atoms with Crippen molar-refractivity contribution in [1.82, 2.24) is 4.98 Å². The van der Waals surface area contributed by atoms with Crippen LogP contribution in [0.4, 0.5) is 14.6 Å². The molecule has 100 valence electrons. The Hall–Kier alpha value is -1.69. The highest BCUT2D eigenvalue weighted by molar-refractivity contribution is 9.10. The number of hydrogen-bond donors (Lipinski definition) is 1. The highest BCUT2D eigenvalue weighted by Crippen LogP contribution is 2.27. The maximum absolute atomic E-state index is 13.6. The number of nitrogens with one attached hydrogen (secondary N) is 1. The van der Waals surface area contributed by atoms with Crippen molar-refractivity contribution in [3.8, 4) is 11.6 Å². The van der Waals surface area contributed by atoms with Gasteiger partial charge in [0.15, 0.2) is 17.5 Å². The Morgan fingerprint density at radius 2 is 2.05 bits per heavy atom. The average Bonchev–Trinajstić information content (AvgIpc) is 2.35. The molecule has 1 aromatic heterocycles. The van der Waals surface area contributed by atoms with Crippen LogP contribution in [-0.4, -0.2) is 11.5 Å². The van der Waals surface area contributed by atoms with E-state index in [0.717, 1.165) is 10.5 Å². The van der Waals surface area contributed by atoms with E-state index < -0.39 is 11.6 Å². The highest BCUT2D eigenvalue weighted by atomic mass is 79.9. The Balaban J connectivity index is 2.31. The van der Waals surface area contributed by atoms with Gasteiger partial charge in [0.1, 0.15) is 5.75 Å². The molecule has 0 radical (unpaired) electrons. The van der Waals surface area contributed by atoms with Gasteiger partial charge in [-0.25, -0.2) is 8.78 Å². The summed E-state index contributed by atoms with van der Waals surface area (Å²) in [7, 11) is 0. The van der Waals surface area contributed by atoms with Crippen molar-refractivity contribution in [2.24, 2.45) is 0 Å². The first-order chi connectivity index (χ1) is 9.10. The van der Waals surface area contributed by atoms with Crippen molar-refractivity contribution < 1.29 is 13.5 Å². The van der Waals surface area contributed by atoms with Gasteiger partial charge in [0.25, 0.3) is 5.88 Å². The fourth-order valence-corrected chi connectivity index (χ4v) is 1.83. The van der Waals surface area contributed by atoms with E-state index in [-0.39, 0.29) is 11.7 Å². The lowest BCUT2D eigenvalue weighted by molar-refractivity contribution is 0.418.